The van der Waals surface area contributed by atoms with E-state index < -0.39 is 0 Å². The van der Waals surface area contributed by atoms with E-state index in [-0.39, 0.29) is 0 Å². The van der Waals surface area contributed by atoms with Gasteiger partial charge in [-0.25, -0.2) is 0 Å². The molecule has 86 valence electrons. The van der Waals surface area contributed by atoms with Gasteiger partial charge in [-0.1, -0.05) is 38.8 Å². The Morgan fingerprint density at radius 3 is 2.60 bits per heavy atom. The third-order valence-electron chi connectivity index (χ3n) is 2.87. The maximum Gasteiger partial charge on any atom is 0.0834 e. The highest BCUT2D eigenvalue weighted by Gasteiger charge is 2.22. The summed E-state index contributed by atoms with van der Waals surface area (Å²) in [5.41, 5.74) is 1.09. The molecule has 2 unspecified atom stereocenters. The van der Waals surface area contributed by atoms with Gasteiger partial charge in [-0.2, -0.15) is 5.10 Å². The van der Waals surface area contributed by atoms with Crippen LogP contribution in [0.5, 0.6) is 0 Å². The van der Waals surface area contributed by atoms with Crippen LogP contribution in [0.15, 0.2) is 6.20 Å². The highest BCUT2D eigenvalue weighted by molar-refractivity contribution is 6.31. The Bertz CT molecular complexity index is 289. The van der Waals surface area contributed by atoms with Gasteiger partial charge in [-0.15, -0.1) is 0 Å². The predicted molar refractivity (Wildman–Crippen MR) is 64.1 cm³/mol. The summed E-state index contributed by atoms with van der Waals surface area (Å²) >= 11 is 6.15. The smallest absolute Gasteiger partial charge is 0.0834 e. The summed E-state index contributed by atoms with van der Waals surface area (Å²) in [7, 11) is 1.94. The molecular weight excluding hydrogens is 210 g/mol. The van der Waals surface area contributed by atoms with E-state index in [1.165, 1.54) is 0 Å². The zero-order valence-electron chi connectivity index (χ0n) is 9.92. The van der Waals surface area contributed by atoms with E-state index in [1.54, 1.807) is 6.20 Å². The van der Waals surface area contributed by atoms with Crippen LogP contribution in [0.25, 0.3) is 0 Å². The minimum Gasteiger partial charge on any atom is -0.309 e. The van der Waals surface area contributed by atoms with Gasteiger partial charge in [0.25, 0.3) is 0 Å². The Hall–Kier alpha value is -0.540. The van der Waals surface area contributed by atoms with Gasteiger partial charge in [-0.3, -0.25) is 4.68 Å². The quantitative estimate of drug-likeness (QED) is 0.842. The number of aryl methyl sites for hydroxylation is 1. The molecule has 0 aliphatic carbocycles. The van der Waals surface area contributed by atoms with Crippen LogP contribution >= 0.6 is 11.6 Å². The average Bonchev–Trinajstić information content (AvgIpc) is 2.55. The minimum absolute atomic E-state index is 0.292. The molecule has 15 heavy (non-hydrogen) atoms. The van der Waals surface area contributed by atoms with Gasteiger partial charge in [0.2, 0.25) is 0 Å². The summed E-state index contributed by atoms with van der Waals surface area (Å²) in [5.74, 6) is 0.554. The van der Waals surface area contributed by atoms with Gasteiger partial charge in [0.1, 0.15) is 0 Å². The van der Waals surface area contributed by atoms with Crippen molar-refractivity contribution in [2.45, 2.75) is 33.2 Å². The topological polar surface area (TPSA) is 29.9 Å². The molecule has 1 aromatic heterocycles. The fraction of sp³-hybridized carbons (Fsp3) is 0.727. The van der Waals surface area contributed by atoms with Crippen molar-refractivity contribution in [2.75, 3.05) is 6.54 Å². The first-order chi connectivity index (χ1) is 7.11. The van der Waals surface area contributed by atoms with E-state index in [2.05, 4.69) is 31.2 Å². The molecule has 0 aromatic carbocycles. The first-order valence-electron chi connectivity index (χ1n) is 5.52. The second kappa shape index (κ2) is 5.52. The van der Waals surface area contributed by atoms with Crippen LogP contribution in [0.2, 0.25) is 5.02 Å². The molecule has 0 saturated heterocycles. The zero-order chi connectivity index (χ0) is 11.4. The molecule has 0 aliphatic rings. The molecule has 1 aromatic rings. The van der Waals surface area contributed by atoms with E-state index in [1.807, 2.05) is 11.7 Å². The van der Waals surface area contributed by atoms with Crippen molar-refractivity contribution >= 4 is 11.6 Å². The number of rotatable bonds is 5. The van der Waals surface area contributed by atoms with Crippen LogP contribution < -0.4 is 5.32 Å². The summed E-state index contributed by atoms with van der Waals surface area (Å²) in [6, 6.07) is 0.292. The van der Waals surface area contributed by atoms with Crippen LogP contribution in [0.1, 0.15) is 38.9 Å². The molecule has 0 amide bonds. The van der Waals surface area contributed by atoms with Crippen molar-refractivity contribution < 1.29 is 0 Å². The Morgan fingerprint density at radius 2 is 2.20 bits per heavy atom. The van der Waals surface area contributed by atoms with Crippen molar-refractivity contribution in [3.63, 3.8) is 0 Å². The van der Waals surface area contributed by atoms with Gasteiger partial charge in [0.15, 0.2) is 0 Å². The van der Waals surface area contributed by atoms with Crippen LogP contribution in [0.4, 0.5) is 0 Å². The molecule has 2 atom stereocenters. The number of aromatic nitrogens is 2. The molecule has 3 nitrogen and oxygen atoms in total. The first-order valence-corrected chi connectivity index (χ1v) is 5.90. The fourth-order valence-corrected chi connectivity index (χ4v) is 2.08. The SMILES string of the molecule is CCNC(c1c(Cl)cnn1C)C(C)CC. The van der Waals surface area contributed by atoms with Crippen LogP contribution in [-0.2, 0) is 7.05 Å². The minimum atomic E-state index is 0.292. The van der Waals surface area contributed by atoms with Gasteiger partial charge >= 0.3 is 0 Å². The lowest BCUT2D eigenvalue weighted by molar-refractivity contribution is 0.365. The molecule has 0 spiro atoms. The number of halogens is 1. The van der Waals surface area contributed by atoms with Crippen molar-refractivity contribution in [3.8, 4) is 0 Å². The molecule has 0 bridgehead atoms. The van der Waals surface area contributed by atoms with E-state index in [4.69, 9.17) is 11.6 Å². The molecular formula is C11H20ClN3. The van der Waals surface area contributed by atoms with E-state index >= 15 is 0 Å². The van der Waals surface area contributed by atoms with E-state index in [9.17, 15) is 0 Å². The fourth-order valence-electron chi connectivity index (χ4n) is 1.79. The van der Waals surface area contributed by atoms with Crippen LogP contribution in [0.3, 0.4) is 0 Å². The zero-order valence-corrected chi connectivity index (χ0v) is 10.7. The number of nitrogens with one attached hydrogen (secondary N) is 1. The average molecular weight is 230 g/mol. The standard InChI is InChI=1S/C11H20ClN3/c1-5-8(3)10(13-6-2)11-9(12)7-14-15(11)4/h7-8,10,13H,5-6H2,1-4H3. The maximum atomic E-state index is 6.15. The largest absolute Gasteiger partial charge is 0.309 e. The van der Waals surface area contributed by atoms with Gasteiger partial charge in [0, 0.05) is 7.05 Å². The van der Waals surface area contributed by atoms with Crippen molar-refractivity contribution in [3.05, 3.63) is 16.9 Å². The van der Waals surface area contributed by atoms with Crippen molar-refractivity contribution in [2.24, 2.45) is 13.0 Å². The Balaban J connectivity index is 2.98. The summed E-state index contributed by atoms with van der Waals surface area (Å²) in [4.78, 5) is 0. The van der Waals surface area contributed by atoms with Crippen LogP contribution in [-0.4, -0.2) is 16.3 Å². The first kappa shape index (κ1) is 12.5. The lowest BCUT2D eigenvalue weighted by atomic mass is 9.96. The van der Waals surface area contributed by atoms with Gasteiger partial charge in [0.05, 0.1) is 23.0 Å². The summed E-state index contributed by atoms with van der Waals surface area (Å²) < 4.78 is 1.86. The molecule has 0 saturated carbocycles. The Labute approximate surface area is 96.8 Å². The third-order valence-corrected chi connectivity index (χ3v) is 3.16. The monoisotopic (exact) mass is 229 g/mol. The predicted octanol–water partition coefficient (Wildman–Crippen LogP) is 2.77. The summed E-state index contributed by atoms with van der Waals surface area (Å²) in [6.45, 7) is 7.48. The number of hydrogen-bond acceptors (Lipinski definition) is 2. The number of nitrogens with zero attached hydrogens (tertiary/aromatic N) is 2. The lowest BCUT2D eigenvalue weighted by Gasteiger charge is -2.24. The molecule has 1 rings (SSSR count). The Kier molecular flexibility index (Phi) is 4.61. The second-order valence-electron chi connectivity index (χ2n) is 3.92. The highest BCUT2D eigenvalue weighted by atomic mass is 35.5. The molecule has 4 heteroatoms. The summed E-state index contributed by atoms with van der Waals surface area (Å²) in [6.07, 6.45) is 2.84. The molecule has 0 radical (unpaired) electrons. The highest BCUT2D eigenvalue weighted by Crippen LogP contribution is 2.29. The summed E-state index contributed by atoms with van der Waals surface area (Å²) in [5, 5.41) is 8.41. The van der Waals surface area contributed by atoms with E-state index in [0.29, 0.717) is 12.0 Å². The van der Waals surface area contributed by atoms with Crippen LogP contribution in [0, 0.1) is 5.92 Å². The van der Waals surface area contributed by atoms with E-state index in [0.717, 1.165) is 23.7 Å². The normalized spacial score (nSPS) is 15.3. The maximum absolute atomic E-state index is 6.15. The van der Waals surface area contributed by atoms with Crippen molar-refractivity contribution in [1.82, 2.24) is 15.1 Å². The lowest BCUT2D eigenvalue weighted by Crippen LogP contribution is -2.28. The molecule has 1 heterocycles. The third kappa shape index (κ3) is 2.73. The van der Waals surface area contributed by atoms with Gasteiger partial charge in [-0.05, 0) is 12.5 Å². The van der Waals surface area contributed by atoms with Crippen molar-refractivity contribution in [1.29, 1.82) is 0 Å². The number of hydrogen-bond donors (Lipinski definition) is 1. The molecule has 0 aliphatic heterocycles. The molecule has 1 N–H and O–H groups in total. The second-order valence-corrected chi connectivity index (χ2v) is 4.33. The van der Waals surface area contributed by atoms with Gasteiger partial charge < -0.3 is 5.32 Å². The Morgan fingerprint density at radius 1 is 1.53 bits per heavy atom. The molecule has 0 fully saturated rings.